The first-order valence-electron chi connectivity index (χ1n) is 6.88. The average Bonchev–Trinajstić information content (AvgIpc) is 2.53. The summed E-state index contributed by atoms with van der Waals surface area (Å²) in [6.07, 6.45) is 7.46. The highest BCUT2D eigenvalue weighted by molar-refractivity contribution is 5.94. The molecule has 0 aromatic heterocycles. The Labute approximate surface area is 108 Å². The average molecular weight is 252 g/mol. The van der Waals surface area contributed by atoms with E-state index >= 15 is 0 Å². The molecule has 2 rings (SSSR count). The van der Waals surface area contributed by atoms with Gasteiger partial charge in [-0.25, -0.2) is 0 Å². The van der Waals surface area contributed by atoms with Crippen molar-refractivity contribution in [3.05, 3.63) is 11.6 Å². The second-order valence-electron chi connectivity index (χ2n) is 5.44. The van der Waals surface area contributed by atoms with Gasteiger partial charge in [0.2, 0.25) is 0 Å². The van der Waals surface area contributed by atoms with E-state index in [1.54, 1.807) is 6.92 Å². The number of carbonyl (C=O) groups is 2. The topological polar surface area (TPSA) is 58.8 Å². The zero-order chi connectivity index (χ0) is 13.1. The molecule has 1 fully saturated rings. The lowest BCUT2D eigenvalue weighted by atomic mass is 9.97. The molecule has 0 radical (unpaired) electrons. The number of carbonyl (C=O) groups excluding carboxylic acids is 1. The van der Waals surface area contributed by atoms with Crippen LogP contribution in [0.4, 0.5) is 0 Å². The Morgan fingerprint density at radius 3 is 2.83 bits per heavy atom. The number of ketones is 1. The minimum absolute atomic E-state index is 0.193. The van der Waals surface area contributed by atoms with Crippen LogP contribution >= 0.6 is 0 Å². The van der Waals surface area contributed by atoms with Gasteiger partial charge in [-0.2, -0.15) is 0 Å². The number of nitrogens with one attached hydrogen (secondary N) is 1. The minimum Gasteiger partial charge on any atom is -0.481 e. The predicted octanol–water partition coefficient (Wildman–Crippen LogP) is 0.576. The first kappa shape index (κ1) is 13.3. The standard InChI is InChI=1S/C14H21NO3/c1-10(16)12-5-2-4-11-7-8-13(12)15(11)9-3-6-14(17)18/h5,11,13H,2-4,6-9H2,1H3,(H,17,18)/p+1/t11-,13?/m0/s1. The van der Waals surface area contributed by atoms with E-state index in [4.69, 9.17) is 5.11 Å². The maximum absolute atomic E-state index is 11.7. The summed E-state index contributed by atoms with van der Waals surface area (Å²) >= 11 is 0. The van der Waals surface area contributed by atoms with E-state index in [0.717, 1.165) is 31.4 Å². The molecule has 0 aromatic carbocycles. The van der Waals surface area contributed by atoms with Crippen molar-refractivity contribution >= 4 is 11.8 Å². The molecule has 4 nitrogen and oxygen atoms in total. The highest BCUT2D eigenvalue weighted by Crippen LogP contribution is 2.22. The van der Waals surface area contributed by atoms with Gasteiger partial charge in [-0.3, -0.25) is 9.59 Å². The minimum atomic E-state index is -0.723. The van der Waals surface area contributed by atoms with Crippen molar-refractivity contribution in [2.45, 2.75) is 57.5 Å². The van der Waals surface area contributed by atoms with Gasteiger partial charge in [-0.05, 0) is 13.3 Å². The lowest BCUT2D eigenvalue weighted by Crippen LogP contribution is -3.17. The SMILES string of the molecule is CC(=O)C1=CCC[C@H]2CCC1[NH+]2CCCC(=O)O. The van der Waals surface area contributed by atoms with Gasteiger partial charge >= 0.3 is 5.97 Å². The zero-order valence-corrected chi connectivity index (χ0v) is 10.9. The number of hydrogen-bond donors (Lipinski definition) is 2. The normalized spacial score (nSPS) is 30.7. The molecule has 100 valence electrons. The van der Waals surface area contributed by atoms with Gasteiger partial charge in [0.1, 0.15) is 6.04 Å². The number of fused-ring (bicyclic) bond motifs is 2. The Hall–Kier alpha value is -1.16. The summed E-state index contributed by atoms with van der Waals surface area (Å²) in [6, 6.07) is 0.945. The molecule has 18 heavy (non-hydrogen) atoms. The molecular formula is C14H22NO3+. The summed E-state index contributed by atoms with van der Waals surface area (Å²) in [4.78, 5) is 23.7. The first-order chi connectivity index (χ1) is 8.59. The number of carboxylic acids is 1. The summed E-state index contributed by atoms with van der Waals surface area (Å²) in [6.45, 7) is 2.53. The van der Waals surface area contributed by atoms with Crippen LogP contribution < -0.4 is 4.90 Å². The maximum atomic E-state index is 11.7. The fourth-order valence-corrected chi connectivity index (χ4v) is 3.50. The molecule has 2 aliphatic rings. The van der Waals surface area contributed by atoms with Gasteiger partial charge in [0.25, 0.3) is 0 Å². The van der Waals surface area contributed by atoms with Gasteiger partial charge < -0.3 is 10.0 Å². The van der Waals surface area contributed by atoms with Crippen LogP contribution in [0.1, 0.15) is 45.4 Å². The first-order valence-corrected chi connectivity index (χ1v) is 6.88. The quantitative estimate of drug-likeness (QED) is 0.752. The number of quaternary nitrogens is 1. The van der Waals surface area contributed by atoms with Crippen LogP contribution in [0.3, 0.4) is 0 Å². The Kier molecular flexibility index (Phi) is 4.17. The van der Waals surface area contributed by atoms with E-state index in [9.17, 15) is 9.59 Å². The summed E-state index contributed by atoms with van der Waals surface area (Å²) < 4.78 is 0. The summed E-state index contributed by atoms with van der Waals surface area (Å²) in [5.74, 6) is -0.530. The molecule has 0 aromatic rings. The molecule has 2 heterocycles. The zero-order valence-electron chi connectivity index (χ0n) is 10.9. The van der Waals surface area contributed by atoms with Crippen molar-refractivity contribution in [2.24, 2.45) is 0 Å². The van der Waals surface area contributed by atoms with Crippen molar-refractivity contribution in [1.82, 2.24) is 0 Å². The van der Waals surface area contributed by atoms with Crippen LogP contribution in [-0.2, 0) is 9.59 Å². The van der Waals surface area contributed by atoms with Gasteiger partial charge in [-0.15, -0.1) is 0 Å². The largest absolute Gasteiger partial charge is 0.481 e. The number of Topliss-reactive ketones (excluding diaryl/α,β-unsaturated/α-hetero) is 1. The van der Waals surface area contributed by atoms with E-state index in [1.807, 2.05) is 0 Å². The fourth-order valence-electron chi connectivity index (χ4n) is 3.50. The van der Waals surface area contributed by atoms with Crippen LogP contribution in [0, 0.1) is 0 Å². The van der Waals surface area contributed by atoms with E-state index in [2.05, 4.69) is 6.08 Å². The summed E-state index contributed by atoms with van der Waals surface area (Å²) in [5, 5.41) is 8.71. The Morgan fingerprint density at radius 1 is 1.39 bits per heavy atom. The third-order valence-corrected chi connectivity index (χ3v) is 4.29. The Balaban J connectivity index is 2.03. The third kappa shape index (κ3) is 2.80. The molecule has 3 atom stereocenters. The Morgan fingerprint density at radius 2 is 2.17 bits per heavy atom. The molecule has 2 bridgehead atoms. The summed E-state index contributed by atoms with van der Waals surface area (Å²) in [5.41, 5.74) is 0.986. The van der Waals surface area contributed by atoms with Gasteiger partial charge in [-0.1, -0.05) is 6.08 Å². The molecular weight excluding hydrogens is 230 g/mol. The number of carboxylic acid groups (broad SMARTS) is 1. The molecule has 2 unspecified atom stereocenters. The number of hydrogen-bond acceptors (Lipinski definition) is 2. The van der Waals surface area contributed by atoms with Crippen LogP contribution in [-0.4, -0.2) is 35.5 Å². The predicted molar refractivity (Wildman–Crippen MR) is 67.5 cm³/mol. The number of allylic oxidation sites excluding steroid dienone is 1. The number of rotatable bonds is 5. The van der Waals surface area contributed by atoms with Crippen molar-refractivity contribution in [3.8, 4) is 0 Å². The van der Waals surface area contributed by atoms with Gasteiger partial charge in [0, 0.05) is 31.3 Å². The van der Waals surface area contributed by atoms with Crippen LogP contribution in [0.15, 0.2) is 11.6 Å². The molecule has 2 aliphatic heterocycles. The second-order valence-corrected chi connectivity index (χ2v) is 5.44. The molecule has 0 saturated carbocycles. The number of aliphatic carboxylic acids is 1. The molecule has 0 aliphatic carbocycles. The smallest absolute Gasteiger partial charge is 0.303 e. The monoisotopic (exact) mass is 252 g/mol. The van der Waals surface area contributed by atoms with Crippen LogP contribution in [0.5, 0.6) is 0 Å². The van der Waals surface area contributed by atoms with E-state index in [-0.39, 0.29) is 12.2 Å². The van der Waals surface area contributed by atoms with Gasteiger partial charge in [0.15, 0.2) is 5.78 Å². The molecule has 4 heteroatoms. The molecule has 2 N–H and O–H groups in total. The highest BCUT2D eigenvalue weighted by Gasteiger charge is 2.41. The summed E-state index contributed by atoms with van der Waals surface area (Å²) in [7, 11) is 0. The van der Waals surface area contributed by atoms with Gasteiger partial charge in [0.05, 0.1) is 19.0 Å². The van der Waals surface area contributed by atoms with E-state index in [0.29, 0.717) is 18.5 Å². The third-order valence-electron chi connectivity index (χ3n) is 4.29. The van der Waals surface area contributed by atoms with E-state index in [1.165, 1.54) is 11.3 Å². The highest BCUT2D eigenvalue weighted by atomic mass is 16.4. The van der Waals surface area contributed by atoms with Crippen molar-refractivity contribution in [3.63, 3.8) is 0 Å². The van der Waals surface area contributed by atoms with Crippen LogP contribution in [0.25, 0.3) is 0 Å². The fraction of sp³-hybridized carbons (Fsp3) is 0.714. The van der Waals surface area contributed by atoms with Crippen LogP contribution in [0.2, 0.25) is 0 Å². The Bertz CT molecular complexity index is 375. The molecule has 1 saturated heterocycles. The van der Waals surface area contributed by atoms with E-state index < -0.39 is 5.97 Å². The lowest BCUT2D eigenvalue weighted by molar-refractivity contribution is -0.930. The lowest BCUT2D eigenvalue weighted by Gasteiger charge is -2.26. The second kappa shape index (κ2) is 5.65. The van der Waals surface area contributed by atoms with Crippen molar-refractivity contribution < 1.29 is 19.6 Å². The van der Waals surface area contributed by atoms with Crippen molar-refractivity contribution in [1.29, 1.82) is 0 Å². The van der Waals surface area contributed by atoms with Crippen molar-refractivity contribution in [2.75, 3.05) is 6.54 Å². The maximum Gasteiger partial charge on any atom is 0.303 e. The molecule has 0 spiro atoms. The molecule has 0 amide bonds.